The Morgan fingerprint density at radius 3 is 2.76 bits per heavy atom. The van der Waals surface area contributed by atoms with Crippen molar-refractivity contribution in [1.82, 2.24) is 4.90 Å². The van der Waals surface area contributed by atoms with Crippen molar-refractivity contribution in [3.05, 3.63) is 59.9 Å². The Morgan fingerprint density at radius 1 is 1.20 bits per heavy atom. The number of aliphatic hydroxyl groups excluding tert-OH is 1. The van der Waals surface area contributed by atoms with E-state index >= 15 is 0 Å². The van der Waals surface area contributed by atoms with Crippen LogP contribution in [0.25, 0.3) is 0 Å². The zero-order valence-corrected chi connectivity index (χ0v) is 14.4. The van der Waals surface area contributed by atoms with Crippen molar-refractivity contribution in [3.63, 3.8) is 0 Å². The molecule has 0 saturated carbocycles. The molecule has 1 saturated heterocycles. The fraction of sp³-hybridized carbons (Fsp3) is 0.400. The van der Waals surface area contributed by atoms with Gasteiger partial charge in [-0.15, -0.1) is 0 Å². The number of rotatable bonds is 7. The number of methoxy groups -OCH3 is 1. The van der Waals surface area contributed by atoms with E-state index in [1.165, 1.54) is 17.7 Å². The average molecular weight is 345 g/mol. The molecule has 3 rings (SSSR count). The smallest absolute Gasteiger partial charge is 0.123 e. The normalized spacial score (nSPS) is 18.9. The average Bonchev–Trinajstić information content (AvgIpc) is 3.09. The van der Waals surface area contributed by atoms with Crippen LogP contribution in [0.1, 0.15) is 24.4 Å². The third-order valence-electron chi connectivity index (χ3n) is 4.54. The van der Waals surface area contributed by atoms with Crippen molar-refractivity contribution in [1.29, 1.82) is 0 Å². The molecular formula is C20H24FNO3. The lowest BCUT2D eigenvalue weighted by Crippen LogP contribution is -2.35. The first-order valence-corrected chi connectivity index (χ1v) is 8.60. The van der Waals surface area contributed by atoms with Gasteiger partial charge in [0.15, 0.2) is 0 Å². The lowest BCUT2D eigenvalue weighted by atomic mass is 10.0. The summed E-state index contributed by atoms with van der Waals surface area (Å²) in [5.41, 5.74) is 1.21. The second-order valence-corrected chi connectivity index (χ2v) is 6.35. The minimum absolute atomic E-state index is 0.187. The van der Waals surface area contributed by atoms with Gasteiger partial charge in [-0.05, 0) is 61.3 Å². The Balaban J connectivity index is 1.56. The number of halogens is 1. The highest BCUT2D eigenvalue weighted by Crippen LogP contribution is 2.33. The van der Waals surface area contributed by atoms with Crippen LogP contribution in [0.2, 0.25) is 0 Å². The zero-order chi connectivity index (χ0) is 17.6. The Morgan fingerprint density at radius 2 is 2.00 bits per heavy atom. The number of nitrogens with zero attached hydrogens (tertiary/aromatic N) is 1. The molecule has 0 amide bonds. The summed E-state index contributed by atoms with van der Waals surface area (Å²) < 4.78 is 23.8. The molecule has 1 fully saturated rings. The summed E-state index contributed by atoms with van der Waals surface area (Å²) >= 11 is 0. The number of hydrogen-bond acceptors (Lipinski definition) is 4. The molecule has 0 aromatic heterocycles. The fourth-order valence-electron chi connectivity index (χ4n) is 3.32. The van der Waals surface area contributed by atoms with E-state index in [0.29, 0.717) is 12.3 Å². The van der Waals surface area contributed by atoms with E-state index in [9.17, 15) is 9.50 Å². The van der Waals surface area contributed by atoms with E-state index in [0.717, 1.165) is 25.1 Å². The van der Waals surface area contributed by atoms with Gasteiger partial charge in [0.2, 0.25) is 0 Å². The van der Waals surface area contributed by atoms with Crippen molar-refractivity contribution in [2.45, 2.75) is 25.0 Å². The van der Waals surface area contributed by atoms with E-state index in [4.69, 9.17) is 9.47 Å². The van der Waals surface area contributed by atoms with Crippen LogP contribution in [0, 0.1) is 5.82 Å². The topological polar surface area (TPSA) is 41.9 Å². The van der Waals surface area contributed by atoms with Crippen molar-refractivity contribution in [2.75, 3.05) is 26.8 Å². The fourth-order valence-corrected chi connectivity index (χ4v) is 3.32. The van der Waals surface area contributed by atoms with Gasteiger partial charge in [-0.2, -0.15) is 0 Å². The number of aliphatic hydroxyl groups is 1. The van der Waals surface area contributed by atoms with Crippen LogP contribution in [0.3, 0.4) is 0 Å². The van der Waals surface area contributed by atoms with Gasteiger partial charge in [-0.1, -0.05) is 12.1 Å². The standard InChI is InChI=1S/C20H24FNO3/c1-24-19-5-2-4-15(12-19)20-6-3-11-22(20)13-17(23)14-25-18-9-7-16(21)8-10-18/h2,4-5,7-10,12,17,20,23H,3,6,11,13-14H2,1H3/t17-,20-/m0/s1. The third kappa shape index (κ3) is 4.71. The molecule has 0 spiro atoms. The molecule has 2 aromatic rings. The van der Waals surface area contributed by atoms with Crippen LogP contribution in [0.4, 0.5) is 4.39 Å². The van der Waals surface area contributed by atoms with E-state index in [1.54, 1.807) is 19.2 Å². The molecular weight excluding hydrogens is 321 g/mol. The Hall–Kier alpha value is -2.11. The zero-order valence-electron chi connectivity index (χ0n) is 14.4. The highest BCUT2D eigenvalue weighted by Gasteiger charge is 2.28. The van der Waals surface area contributed by atoms with Crippen LogP contribution in [-0.4, -0.2) is 42.9 Å². The summed E-state index contributed by atoms with van der Waals surface area (Å²) in [6, 6.07) is 14.2. The van der Waals surface area contributed by atoms with Gasteiger partial charge in [-0.3, -0.25) is 4.90 Å². The van der Waals surface area contributed by atoms with Gasteiger partial charge in [0, 0.05) is 12.6 Å². The number of benzene rings is 2. The highest BCUT2D eigenvalue weighted by atomic mass is 19.1. The molecule has 1 aliphatic rings. The van der Waals surface area contributed by atoms with Gasteiger partial charge in [0.05, 0.1) is 7.11 Å². The largest absolute Gasteiger partial charge is 0.497 e. The first-order chi connectivity index (χ1) is 12.2. The van der Waals surface area contributed by atoms with Crippen LogP contribution in [0.5, 0.6) is 11.5 Å². The second kappa shape index (κ2) is 8.32. The van der Waals surface area contributed by atoms with Crippen molar-refractivity contribution >= 4 is 0 Å². The number of hydrogen-bond donors (Lipinski definition) is 1. The maximum Gasteiger partial charge on any atom is 0.123 e. The molecule has 2 aromatic carbocycles. The maximum atomic E-state index is 12.9. The van der Waals surface area contributed by atoms with Gasteiger partial charge < -0.3 is 14.6 Å². The first kappa shape index (κ1) is 17.7. The summed E-state index contributed by atoms with van der Waals surface area (Å²) in [5, 5.41) is 10.3. The molecule has 1 aliphatic heterocycles. The maximum absolute atomic E-state index is 12.9. The lowest BCUT2D eigenvalue weighted by Gasteiger charge is -2.27. The summed E-state index contributed by atoms with van der Waals surface area (Å²) in [6.07, 6.45) is 1.57. The summed E-state index contributed by atoms with van der Waals surface area (Å²) in [7, 11) is 1.67. The molecule has 0 bridgehead atoms. The van der Waals surface area contributed by atoms with Crippen LogP contribution in [-0.2, 0) is 0 Å². The molecule has 134 valence electrons. The number of ether oxygens (including phenoxy) is 2. The monoisotopic (exact) mass is 345 g/mol. The Labute approximate surface area is 147 Å². The molecule has 1 heterocycles. The third-order valence-corrected chi connectivity index (χ3v) is 4.54. The highest BCUT2D eigenvalue weighted by molar-refractivity contribution is 5.31. The minimum Gasteiger partial charge on any atom is -0.497 e. The first-order valence-electron chi connectivity index (χ1n) is 8.60. The van der Waals surface area contributed by atoms with E-state index < -0.39 is 6.10 Å². The lowest BCUT2D eigenvalue weighted by molar-refractivity contribution is 0.0638. The van der Waals surface area contributed by atoms with E-state index in [-0.39, 0.29) is 18.5 Å². The SMILES string of the molecule is COc1cccc([C@@H]2CCCN2C[C@H](O)COc2ccc(F)cc2)c1. The van der Waals surface area contributed by atoms with E-state index in [1.807, 2.05) is 12.1 Å². The van der Waals surface area contributed by atoms with Gasteiger partial charge in [-0.25, -0.2) is 4.39 Å². The van der Waals surface area contributed by atoms with Crippen LogP contribution in [0.15, 0.2) is 48.5 Å². The predicted molar refractivity (Wildman–Crippen MR) is 94.4 cm³/mol. The van der Waals surface area contributed by atoms with Crippen molar-refractivity contribution < 1.29 is 19.0 Å². The second-order valence-electron chi connectivity index (χ2n) is 6.35. The van der Waals surface area contributed by atoms with Crippen molar-refractivity contribution in [2.24, 2.45) is 0 Å². The Bertz CT molecular complexity index is 677. The minimum atomic E-state index is -0.601. The molecule has 0 unspecified atom stereocenters. The number of β-amino-alcohol motifs (C(OH)–C–C–N with tert-alkyl or cyclic N) is 1. The number of likely N-dealkylation sites (tertiary alicyclic amines) is 1. The molecule has 2 atom stereocenters. The van der Waals surface area contributed by atoms with Gasteiger partial charge in [0.25, 0.3) is 0 Å². The van der Waals surface area contributed by atoms with Gasteiger partial charge in [0.1, 0.15) is 30.0 Å². The summed E-state index contributed by atoms with van der Waals surface area (Å²) in [6.45, 7) is 1.69. The molecule has 5 heteroatoms. The predicted octanol–water partition coefficient (Wildman–Crippen LogP) is 3.41. The quantitative estimate of drug-likeness (QED) is 0.835. The summed E-state index contributed by atoms with van der Waals surface area (Å²) in [5.74, 6) is 1.11. The van der Waals surface area contributed by atoms with E-state index in [2.05, 4.69) is 17.0 Å². The Kier molecular flexibility index (Phi) is 5.89. The molecule has 0 aliphatic carbocycles. The molecule has 1 N–H and O–H groups in total. The van der Waals surface area contributed by atoms with Crippen LogP contribution >= 0.6 is 0 Å². The molecule has 25 heavy (non-hydrogen) atoms. The molecule has 0 radical (unpaired) electrons. The van der Waals surface area contributed by atoms with Crippen molar-refractivity contribution in [3.8, 4) is 11.5 Å². The van der Waals surface area contributed by atoms with Crippen LogP contribution < -0.4 is 9.47 Å². The van der Waals surface area contributed by atoms with Gasteiger partial charge >= 0.3 is 0 Å². The molecule has 4 nitrogen and oxygen atoms in total. The summed E-state index contributed by atoms with van der Waals surface area (Å²) in [4.78, 5) is 2.29.